The maximum atomic E-state index is 12.5. The van der Waals surface area contributed by atoms with Crippen molar-refractivity contribution >= 4 is 17.5 Å². The monoisotopic (exact) mass is 366 g/mol. The SMILES string of the molecule is CC(N[S+]([O-])C(C)(C)C)C12C3C4C1C1C2C3C41N(C(=O)O)C(C)(C)C. The van der Waals surface area contributed by atoms with E-state index < -0.39 is 17.5 Å². The topological polar surface area (TPSA) is 75.6 Å². The van der Waals surface area contributed by atoms with Crippen LogP contribution in [0.15, 0.2) is 0 Å². The molecule has 2 unspecified atom stereocenters. The van der Waals surface area contributed by atoms with E-state index in [1.54, 1.807) is 4.90 Å². The predicted molar refractivity (Wildman–Crippen MR) is 96.2 cm³/mol. The molecule has 0 aromatic rings. The summed E-state index contributed by atoms with van der Waals surface area (Å²) in [6.45, 7) is 14.3. The molecule has 6 fully saturated rings. The van der Waals surface area contributed by atoms with Gasteiger partial charge in [-0.25, -0.2) is 4.79 Å². The number of nitrogens with one attached hydrogen (secondary N) is 1. The average Bonchev–Trinajstić information content (AvgIpc) is 2.44. The number of hydrogen-bond donors (Lipinski definition) is 2. The van der Waals surface area contributed by atoms with Crippen LogP contribution in [0.3, 0.4) is 0 Å². The molecule has 0 aromatic heterocycles. The lowest BCUT2D eigenvalue weighted by Crippen LogP contribution is -3.17. The molecule has 2 N–H and O–H groups in total. The van der Waals surface area contributed by atoms with E-state index in [9.17, 15) is 14.5 Å². The fraction of sp³-hybridized carbons (Fsp3) is 0.947. The van der Waals surface area contributed by atoms with Crippen LogP contribution in [0.5, 0.6) is 0 Å². The number of amides is 1. The molecule has 0 aliphatic heterocycles. The Bertz CT molecular complexity index is 626. The molecule has 140 valence electrons. The maximum absolute atomic E-state index is 12.5. The first-order valence-corrected chi connectivity index (χ1v) is 10.7. The second kappa shape index (κ2) is 4.02. The van der Waals surface area contributed by atoms with Gasteiger partial charge >= 0.3 is 6.09 Å². The highest BCUT2D eigenvalue weighted by atomic mass is 32.2. The molecule has 0 saturated heterocycles. The molecule has 0 spiro atoms. The summed E-state index contributed by atoms with van der Waals surface area (Å²) >= 11 is -1.04. The summed E-state index contributed by atoms with van der Waals surface area (Å²) in [4.78, 5) is 13.8. The third-order valence-corrected chi connectivity index (χ3v) is 10.2. The van der Waals surface area contributed by atoms with Crippen LogP contribution in [0, 0.1) is 40.9 Å². The van der Waals surface area contributed by atoms with Crippen LogP contribution in [0.2, 0.25) is 0 Å². The second-order valence-corrected chi connectivity index (χ2v) is 13.0. The number of carbonyl (C=O) groups is 1. The fourth-order valence-corrected chi connectivity index (χ4v) is 9.22. The van der Waals surface area contributed by atoms with Gasteiger partial charge in [0, 0.05) is 22.3 Å². The highest BCUT2D eigenvalue weighted by Gasteiger charge is 3.12. The van der Waals surface area contributed by atoms with Crippen molar-refractivity contribution < 1.29 is 14.5 Å². The lowest BCUT2D eigenvalue weighted by Gasteiger charge is -3.12. The first-order chi connectivity index (χ1) is 11.3. The molecular formula is C19H30N2O3S. The molecule has 0 aromatic carbocycles. The zero-order chi connectivity index (χ0) is 18.5. The third-order valence-electron chi connectivity index (χ3n) is 8.49. The zero-order valence-electron chi connectivity index (χ0n) is 16.2. The molecule has 25 heavy (non-hydrogen) atoms. The van der Waals surface area contributed by atoms with Crippen molar-refractivity contribution in [2.24, 2.45) is 40.9 Å². The zero-order valence-corrected chi connectivity index (χ0v) is 17.0. The Kier molecular flexibility index (Phi) is 2.68. The highest BCUT2D eigenvalue weighted by Crippen LogP contribution is 3.08. The van der Waals surface area contributed by atoms with Gasteiger partial charge in [-0.2, -0.15) is 0 Å². The Morgan fingerprint density at radius 3 is 1.84 bits per heavy atom. The van der Waals surface area contributed by atoms with Crippen molar-refractivity contribution in [1.29, 1.82) is 0 Å². The van der Waals surface area contributed by atoms with E-state index in [0.717, 1.165) is 0 Å². The Balaban J connectivity index is 1.36. The van der Waals surface area contributed by atoms with Gasteiger partial charge in [-0.15, -0.1) is 4.72 Å². The predicted octanol–water partition coefficient (Wildman–Crippen LogP) is 2.70. The Morgan fingerprint density at radius 1 is 1.08 bits per heavy atom. The molecular weight excluding hydrogens is 336 g/mol. The molecule has 2 atom stereocenters. The van der Waals surface area contributed by atoms with Gasteiger partial charge in [0.25, 0.3) is 0 Å². The third kappa shape index (κ3) is 1.30. The van der Waals surface area contributed by atoms with E-state index in [0.29, 0.717) is 40.9 Å². The largest absolute Gasteiger partial charge is 0.598 e. The molecule has 6 aliphatic rings. The summed E-state index contributed by atoms with van der Waals surface area (Å²) in [5, 5.41) is 9.86. The fourth-order valence-electron chi connectivity index (χ4n) is 8.34. The molecule has 5 nitrogen and oxygen atoms in total. The van der Waals surface area contributed by atoms with Gasteiger partial charge in [-0.05, 0) is 84.0 Å². The van der Waals surface area contributed by atoms with Gasteiger partial charge in [0.15, 0.2) is 0 Å². The molecule has 0 heterocycles. The van der Waals surface area contributed by atoms with E-state index in [1.165, 1.54) is 0 Å². The van der Waals surface area contributed by atoms with Crippen LogP contribution >= 0.6 is 0 Å². The number of rotatable bonds is 4. The maximum Gasteiger partial charge on any atom is 0.408 e. The molecule has 6 saturated carbocycles. The van der Waals surface area contributed by atoms with E-state index >= 15 is 0 Å². The smallest absolute Gasteiger partial charge is 0.408 e. The van der Waals surface area contributed by atoms with Gasteiger partial charge in [0.05, 0.1) is 11.6 Å². The molecule has 0 radical (unpaired) electrons. The first kappa shape index (κ1) is 16.7. The summed E-state index contributed by atoms with van der Waals surface area (Å²) in [5.41, 5.74) is -0.0596. The molecule has 0 bridgehead atoms. The minimum absolute atomic E-state index is 0.0469. The minimum atomic E-state index is -1.04. The summed E-state index contributed by atoms with van der Waals surface area (Å²) < 4.78 is 15.7. The quantitative estimate of drug-likeness (QED) is 0.750. The molecule has 6 aliphatic carbocycles. The first-order valence-electron chi connectivity index (χ1n) is 9.56. The Morgan fingerprint density at radius 2 is 1.52 bits per heavy atom. The van der Waals surface area contributed by atoms with Gasteiger partial charge in [-0.1, -0.05) is 0 Å². The summed E-state index contributed by atoms with van der Waals surface area (Å²) in [5.74, 6) is 3.68. The number of hydrogen-bond acceptors (Lipinski definition) is 3. The van der Waals surface area contributed by atoms with Crippen LogP contribution in [0.1, 0.15) is 48.5 Å². The summed E-state index contributed by atoms with van der Waals surface area (Å²) in [6, 6.07) is 0.266. The van der Waals surface area contributed by atoms with Crippen molar-refractivity contribution in [1.82, 2.24) is 9.62 Å². The average molecular weight is 367 g/mol. The van der Waals surface area contributed by atoms with Gasteiger partial charge < -0.3 is 9.66 Å². The van der Waals surface area contributed by atoms with Gasteiger partial charge in [0.1, 0.15) is 4.75 Å². The van der Waals surface area contributed by atoms with Gasteiger partial charge in [0.2, 0.25) is 0 Å². The van der Waals surface area contributed by atoms with Crippen LogP contribution in [0.25, 0.3) is 0 Å². The van der Waals surface area contributed by atoms with Crippen molar-refractivity contribution in [3.8, 4) is 0 Å². The minimum Gasteiger partial charge on any atom is -0.598 e. The summed E-state index contributed by atoms with van der Waals surface area (Å²) in [6.07, 6.45) is -0.753. The Labute approximate surface area is 153 Å². The van der Waals surface area contributed by atoms with E-state index in [1.807, 2.05) is 41.5 Å². The van der Waals surface area contributed by atoms with Crippen molar-refractivity contribution in [3.05, 3.63) is 0 Å². The van der Waals surface area contributed by atoms with E-state index in [-0.39, 0.29) is 21.9 Å². The number of nitrogens with zero attached hydrogens (tertiary/aromatic N) is 1. The van der Waals surface area contributed by atoms with Crippen LogP contribution in [-0.4, -0.2) is 42.5 Å². The van der Waals surface area contributed by atoms with Crippen LogP contribution in [-0.2, 0) is 11.4 Å². The summed E-state index contributed by atoms with van der Waals surface area (Å²) in [7, 11) is 0. The van der Waals surface area contributed by atoms with Crippen molar-refractivity contribution in [2.45, 2.75) is 70.3 Å². The Hall–Kier alpha value is -0.460. The van der Waals surface area contributed by atoms with Crippen LogP contribution < -0.4 is 4.72 Å². The van der Waals surface area contributed by atoms with Gasteiger partial charge in [-0.3, -0.25) is 4.90 Å². The van der Waals surface area contributed by atoms with Crippen molar-refractivity contribution in [2.75, 3.05) is 0 Å². The number of carboxylic acid groups (broad SMARTS) is 1. The lowest BCUT2D eigenvalue weighted by molar-refractivity contribution is -0.647. The lowest BCUT2D eigenvalue weighted by atomic mass is 8.93. The van der Waals surface area contributed by atoms with Crippen molar-refractivity contribution in [3.63, 3.8) is 0 Å². The van der Waals surface area contributed by atoms with E-state index in [4.69, 9.17) is 0 Å². The highest BCUT2D eigenvalue weighted by molar-refractivity contribution is 7.90. The van der Waals surface area contributed by atoms with E-state index in [2.05, 4.69) is 11.6 Å². The molecule has 1 amide bonds. The second-order valence-electron chi connectivity index (χ2n) is 11.1. The molecule has 6 rings (SSSR count). The van der Waals surface area contributed by atoms with Crippen LogP contribution in [0.4, 0.5) is 4.79 Å². The molecule has 6 heteroatoms. The standard InChI is InChI=1S/C19H30N2O3S/c1-8(20-25(24)17(5,6)7)18-9-12-10(18)14-11(18)13(9)19(12,14)21(15(22)23)16(2,3)4/h8-14,20H,1-7H3,(H,22,23). The normalized spacial score (nSPS) is 52.5.